The number of aromatic nitrogens is 2. The molecule has 2 N–H and O–H groups in total. The van der Waals surface area contributed by atoms with Crippen molar-refractivity contribution in [2.24, 2.45) is 39.1 Å². The minimum Gasteiger partial charge on any atom is -0.366 e. The molecule has 5 saturated carbocycles. The predicted octanol–water partition coefficient (Wildman–Crippen LogP) is 3.56. The first-order valence-electron chi connectivity index (χ1n) is 13.7. The van der Waals surface area contributed by atoms with Crippen molar-refractivity contribution in [3.63, 3.8) is 0 Å². The van der Waals surface area contributed by atoms with Crippen LogP contribution in [0, 0.1) is 45.8 Å². The first-order valence-corrected chi connectivity index (χ1v) is 13.7. The minimum absolute atomic E-state index is 0.0787. The standard InChI is InChI=1S/C28H35N7/c29-8-7-17-3-5-21(6-4-17)35-23(33-26-24(35)22-2-1-9-31-25(22)34-26)16-32-27(30)28-13-18-10-19(14-28)12-20(11-18)15-28/h1-2,17-21H,3-7,9-16H2,(H2,30,32). The molecule has 2 aliphatic heterocycles. The molecule has 4 bridgehead atoms. The number of aliphatic imine (C=N–C) groups is 1. The Morgan fingerprint density at radius 3 is 2.51 bits per heavy atom. The summed E-state index contributed by atoms with van der Waals surface area (Å²) in [5.41, 5.74) is 1.97. The molecule has 1 aromatic heterocycles. The van der Waals surface area contributed by atoms with Crippen molar-refractivity contribution in [2.75, 3.05) is 6.54 Å². The summed E-state index contributed by atoms with van der Waals surface area (Å²) in [5.74, 6) is 5.60. The number of dihydropyridines is 1. The zero-order chi connectivity index (χ0) is 23.6. The van der Waals surface area contributed by atoms with Crippen LogP contribution in [-0.4, -0.2) is 27.8 Å². The van der Waals surface area contributed by atoms with Crippen LogP contribution in [0.5, 0.6) is 0 Å². The molecule has 0 unspecified atom stereocenters. The minimum atomic E-state index is 0.0787. The van der Waals surface area contributed by atoms with Crippen molar-refractivity contribution >= 4 is 17.2 Å². The zero-order valence-electron chi connectivity index (χ0n) is 20.5. The Bertz CT molecular complexity index is 1250. The van der Waals surface area contributed by atoms with Crippen LogP contribution in [-0.2, 0) is 6.54 Å². The van der Waals surface area contributed by atoms with Crippen LogP contribution in [0.4, 0.5) is 0 Å². The number of fused-ring (bicyclic) bond motifs is 2. The lowest BCUT2D eigenvalue weighted by molar-refractivity contribution is -0.0146. The van der Waals surface area contributed by atoms with Gasteiger partial charge in [-0.1, -0.05) is 12.2 Å². The molecule has 182 valence electrons. The molecular weight excluding hydrogens is 434 g/mol. The molecule has 0 amide bonds. The van der Waals surface area contributed by atoms with Crippen LogP contribution in [0.2, 0.25) is 0 Å². The fraction of sp³-hybridized carbons (Fsp3) is 0.679. The van der Waals surface area contributed by atoms with E-state index in [0.717, 1.165) is 77.3 Å². The van der Waals surface area contributed by atoms with Crippen LogP contribution in [0.25, 0.3) is 5.57 Å². The molecule has 0 aromatic carbocycles. The average molecular weight is 470 g/mol. The summed E-state index contributed by atoms with van der Waals surface area (Å²) in [6.45, 7) is 1.27. The molecule has 0 saturated heterocycles. The molecule has 5 fully saturated rings. The van der Waals surface area contributed by atoms with E-state index >= 15 is 0 Å². The predicted molar refractivity (Wildman–Crippen MR) is 134 cm³/mol. The van der Waals surface area contributed by atoms with E-state index in [1.807, 2.05) is 0 Å². The van der Waals surface area contributed by atoms with Crippen LogP contribution in [0.1, 0.15) is 82.5 Å². The molecule has 7 heteroatoms. The van der Waals surface area contributed by atoms with E-state index in [1.165, 1.54) is 38.5 Å². The van der Waals surface area contributed by atoms with Gasteiger partial charge in [0.1, 0.15) is 5.82 Å². The van der Waals surface area contributed by atoms with Gasteiger partial charge in [0.05, 0.1) is 30.3 Å². The number of hydrogen-bond acceptors (Lipinski definition) is 5. The average Bonchev–Trinajstić information content (AvgIpc) is 3.38. The third-order valence-electron chi connectivity index (χ3n) is 9.86. The Hall–Kier alpha value is -2.75. The van der Waals surface area contributed by atoms with Gasteiger partial charge in [-0.3, -0.25) is 10.4 Å². The lowest BCUT2D eigenvalue weighted by atomic mass is 9.49. The molecule has 7 nitrogen and oxygen atoms in total. The number of amidine groups is 2. The van der Waals surface area contributed by atoms with Crippen molar-refractivity contribution in [1.82, 2.24) is 14.9 Å². The van der Waals surface area contributed by atoms with Crippen LogP contribution < -0.4 is 16.2 Å². The molecule has 8 rings (SSSR count). The highest BCUT2D eigenvalue weighted by Gasteiger charge is 2.53. The number of imidazole rings is 1. The van der Waals surface area contributed by atoms with Gasteiger partial charge in [0.25, 0.3) is 0 Å². The topological polar surface area (TPSA) is 102 Å². The van der Waals surface area contributed by atoms with Gasteiger partial charge in [-0.15, -0.1) is 0 Å². The summed E-state index contributed by atoms with van der Waals surface area (Å²) >= 11 is 0. The van der Waals surface area contributed by atoms with Crippen LogP contribution >= 0.6 is 0 Å². The Balaban J connectivity index is 1.18. The lowest BCUT2D eigenvalue weighted by Gasteiger charge is -2.56. The van der Waals surface area contributed by atoms with Gasteiger partial charge in [0, 0.05) is 23.5 Å². The second kappa shape index (κ2) is 8.15. The maximum absolute atomic E-state index is 9.15. The van der Waals surface area contributed by atoms with Gasteiger partial charge in [-0.2, -0.15) is 5.26 Å². The molecule has 0 spiro atoms. The van der Waals surface area contributed by atoms with Crippen LogP contribution in [0.3, 0.4) is 0 Å². The highest BCUT2D eigenvalue weighted by molar-refractivity contribution is 6.22. The summed E-state index contributed by atoms with van der Waals surface area (Å²) in [7, 11) is 0. The first-order chi connectivity index (χ1) is 17.1. The SMILES string of the molecule is N#CCC1CCC(n2c(CNC(=N)C34CC5CC(CC(C5)C3)C4)nc3c2=C2C=CCN=C2N=3)CC1. The van der Waals surface area contributed by atoms with Crippen molar-refractivity contribution in [1.29, 1.82) is 10.7 Å². The molecule has 0 radical (unpaired) electrons. The Morgan fingerprint density at radius 2 is 1.83 bits per heavy atom. The third-order valence-corrected chi connectivity index (χ3v) is 9.86. The number of nitrogens with zero attached hydrogens (tertiary/aromatic N) is 5. The summed E-state index contributed by atoms with van der Waals surface area (Å²) in [6, 6.07) is 2.73. The van der Waals surface area contributed by atoms with Crippen molar-refractivity contribution in [3.8, 4) is 6.07 Å². The molecule has 5 aliphatic carbocycles. The van der Waals surface area contributed by atoms with Gasteiger partial charge in [-0.25, -0.2) is 9.98 Å². The van der Waals surface area contributed by atoms with E-state index in [9.17, 15) is 0 Å². The lowest BCUT2D eigenvalue weighted by Crippen LogP contribution is -2.53. The van der Waals surface area contributed by atoms with Gasteiger partial charge in [-0.05, 0) is 87.9 Å². The molecule has 7 aliphatic rings. The molecular formula is C28H35N7. The molecule has 1 aromatic rings. The van der Waals surface area contributed by atoms with E-state index in [4.69, 9.17) is 20.6 Å². The normalized spacial score (nSPS) is 36.3. The monoisotopic (exact) mass is 469 g/mol. The highest BCUT2D eigenvalue weighted by atomic mass is 15.2. The van der Waals surface area contributed by atoms with Gasteiger partial charge >= 0.3 is 0 Å². The molecule has 3 heterocycles. The summed E-state index contributed by atoms with van der Waals surface area (Å²) < 4.78 is 2.43. The van der Waals surface area contributed by atoms with Crippen molar-refractivity contribution < 1.29 is 0 Å². The van der Waals surface area contributed by atoms with Gasteiger partial charge in [0.15, 0.2) is 11.3 Å². The van der Waals surface area contributed by atoms with E-state index in [2.05, 4.69) is 33.1 Å². The second-order valence-corrected chi connectivity index (χ2v) is 12.1. The van der Waals surface area contributed by atoms with E-state index in [-0.39, 0.29) is 5.41 Å². The number of hydrogen-bond donors (Lipinski definition) is 2. The van der Waals surface area contributed by atoms with Crippen LogP contribution in [0.15, 0.2) is 22.1 Å². The Labute approximate surface area is 206 Å². The van der Waals surface area contributed by atoms with E-state index < -0.39 is 0 Å². The fourth-order valence-corrected chi connectivity index (χ4v) is 8.67. The smallest absolute Gasteiger partial charge is 0.180 e. The Morgan fingerprint density at radius 1 is 1.11 bits per heavy atom. The maximum atomic E-state index is 9.15. The maximum Gasteiger partial charge on any atom is 0.180 e. The fourth-order valence-electron chi connectivity index (χ4n) is 8.67. The van der Waals surface area contributed by atoms with Gasteiger partial charge < -0.3 is 9.88 Å². The number of nitriles is 1. The van der Waals surface area contributed by atoms with Crippen molar-refractivity contribution in [3.05, 3.63) is 28.8 Å². The molecule has 0 atom stereocenters. The molecule has 35 heavy (non-hydrogen) atoms. The number of nitrogens with one attached hydrogen (secondary N) is 2. The van der Waals surface area contributed by atoms with Gasteiger partial charge in [0.2, 0.25) is 0 Å². The quantitative estimate of drug-likeness (QED) is 0.509. The Kier molecular flexibility index (Phi) is 5.01. The van der Waals surface area contributed by atoms with E-state index in [0.29, 0.717) is 31.5 Å². The second-order valence-electron chi connectivity index (χ2n) is 12.1. The highest BCUT2D eigenvalue weighted by Crippen LogP contribution is 2.60. The zero-order valence-corrected chi connectivity index (χ0v) is 20.5. The number of rotatable bonds is 5. The largest absolute Gasteiger partial charge is 0.366 e. The summed E-state index contributed by atoms with van der Waals surface area (Å²) in [6.07, 6.45) is 17.0. The summed E-state index contributed by atoms with van der Waals surface area (Å²) in [5, 5.41) is 23.0. The van der Waals surface area contributed by atoms with Crippen molar-refractivity contribution in [2.45, 2.75) is 83.2 Å². The van der Waals surface area contributed by atoms with E-state index in [1.54, 1.807) is 0 Å². The first kappa shape index (κ1) is 21.5. The summed E-state index contributed by atoms with van der Waals surface area (Å²) in [4.78, 5) is 14.4. The third kappa shape index (κ3) is 3.51.